The lowest BCUT2D eigenvalue weighted by atomic mass is 10.0. The topological polar surface area (TPSA) is 47.7 Å². The minimum Gasteiger partial charge on any atom is -0.493 e. The molecule has 4 nitrogen and oxygen atoms in total. The summed E-state index contributed by atoms with van der Waals surface area (Å²) in [6.07, 6.45) is 5.53. The summed E-state index contributed by atoms with van der Waals surface area (Å²) < 4.78 is 11.8. The van der Waals surface area contributed by atoms with Gasteiger partial charge in [-0.3, -0.25) is 0 Å². The third kappa shape index (κ3) is 3.50. The predicted molar refractivity (Wildman–Crippen MR) is 84.0 cm³/mol. The Morgan fingerprint density at radius 1 is 1.29 bits per heavy atom. The molecule has 0 unspecified atom stereocenters. The van der Waals surface area contributed by atoms with Crippen LogP contribution in [0.15, 0.2) is 18.2 Å². The Balaban J connectivity index is 1.73. The Morgan fingerprint density at radius 3 is 2.62 bits per heavy atom. The number of piperidine rings is 1. The SMILES string of the molecule is COc1c(CC2(N)CC2)cccc1OC1CCN(C)CC1. The van der Waals surface area contributed by atoms with Crippen molar-refractivity contribution >= 4 is 0 Å². The van der Waals surface area contributed by atoms with E-state index in [9.17, 15) is 0 Å². The Labute approximate surface area is 127 Å². The largest absolute Gasteiger partial charge is 0.493 e. The molecular weight excluding hydrogens is 264 g/mol. The monoisotopic (exact) mass is 290 g/mol. The van der Waals surface area contributed by atoms with Crippen molar-refractivity contribution in [1.82, 2.24) is 4.90 Å². The number of para-hydroxylation sites is 1. The lowest BCUT2D eigenvalue weighted by molar-refractivity contribution is 0.111. The summed E-state index contributed by atoms with van der Waals surface area (Å²) in [5, 5.41) is 0. The van der Waals surface area contributed by atoms with Crippen molar-refractivity contribution in [1.29, 1.82) is 0 Å². The molecule has 116 valence electrons. The van der Waals surface area contributed by atoms with Gasteiger partial charge in [0.15, 0.2) is 11.5 Å². The van der Waals surface area contributed by atoms with Gasteiger partial charge in [0, 0.05) is 18.6 Å². The van der Waals surface area contributed by atoms with Crippen LogP contribution in [0.25, 0.3) is 0 Å². The van der Waals surface area contributed by atoms with Crippen LogP contribution in [0.1, 0.15) is 31.2 Å². The quantitative estimate of drug-likeness (QED) is 0.903. The van der Waals surface area contributed by atoms with Crippen molar-refractivity contribution in [2.45, 2.75) is 43.7 Å². The van der Waals surface area contributed by atoms with Gasteiger partial charge in [-0.05, 0) is 50.8 Å². The zero-order valence-corrected chi connectivity index (χ0v) is 13.1. The second kappa shape index (κ2) is 5.85. The molecule has 0 bridgehead atoms. The maximum absolute atomic E-state index is 6.25. The highest BCUT2D eigenvalue weighted by atomic mass is 16.5. The zero-order chi connectivity index (χ0) is 14.9. The van der Waals surface area contributed by atoms with E-state index in [-0.39, 0.29) is 11.6 Å². The van der Waals surface area contributed by atoms with Crippen LogP contribution in [0, 0.1) is 0 Å². The number of hydrogen-bond donors (Lipinski definition) is 1. The molecule has 4 heteroatoms. The number of hydrogen-bond acceptors (Lipinski definition) is 4. The second-order valence-corrected chi connectivity index (χ2v) is 6.61. The summed E-state index contributed by atoms with van der Waals surface area (Å²) >= 11 is 0. The summed E-state index contributed by atoms with van der Waals surface area (Å²) in [6.45, 7) is 2.19. The Hall–Kier alpha value is -1.26. The first kappa shape index (κ1) is 14.7. The Bertz CT molecular complexity index is 492. The normalized spacial score (nSPS) is 22.0. The number of likely N-dealkylation sites (tertiary alicyclic amines) is 1. The van der Waals surface area contributed by atoms with Crippen molar-refractivity contribution in [3.8, 4) is 11.5 Å². The number of benzene rings is 1. The van der Waals surface area contributed by atoms with Crippen LogP contribution in [0.3, 0.4) is 0 Å². The molecule has 1 aliphatic carbocycles. The van der Waals surface area contributed by atoms with Crippen molar-refractivity contribution in [3.63, 3.8) is 0 Å². The first-order valence-electron chi connectivity index (χ1n) is 7.90. The molecule has 0 radical (unpaired) electrons. The summed E-state index contributed by atoms with van der Waals surface area (Å²) in [5.41, 5.74) is 7.40. The van der Waals surface area contributed by atoms with E-state index in [0.717, 1.165) is 56.7 Å². The second-order valence-electron chi connectivity index (χ2n) is 6.61. The number of ether oxygens (including phenoxy) is 2. The smallest absolute Gasteiger partial charge is 0.163 e. The van der Waals surface area contributed by atoms with E-state index in [1.165, 1.54) is 5.56 Å². The van der Waals surface area contributed by atoms with Crippen molar-refractivity contribution < 1.29 is 9.47 Å². The molecule has 21 heavy (non-hydrogen) atoms. The van der Waals surface area contributed by atoms with Gasteiger partial charge in [-0.1, -0.05) is 12.1 Å². The molecule has 1 aromatic carbocycles. The van der Waals surface area contributed by atoms with Crippen LogP contribution in [-0.2, 0) is 6.42 Å². The highest BCUT2D eigenvalue weighted by molar-refractivity contribution is 5.48. The summed E-state index contributed by atoms with van der Waals surface area (Å²) in [4.78, 5) is 2.35. The van der Waals surface area contributed by atoms with Gasteiger partial charge in [0.1, 0.15) is 6.10 Å². The molecule has 1 saturated heterocycles. The minimum atomic E-state index is -0.0144. The molecule has 2 aliphatic rings. The number of nitrogens with zero attached hydrogens (tertiary/aromatic N) is 1. The van der Waals surface area contributed by atoms with Crippen LogP contribution in [0.2, 0.25) is 0 Å². The molecule has 1 saturated carbocycles. The number of methoxy groups -OCH3 is 1. The van der Waals surface area contributed by atoms with Gasteiger partial charge >= 0.3 is 0 Å². The Morgan fingerprint density at radius 2 is 2.00 bits per heavy atom. The average Bonchev–Trinajstić information content (AvgIpc) is 3.19. The van der Waals surface area contributed by atoms with Crippen LogP contribution in [0.4, 0.5) is 0 Å². The van der Waals surface area contributed by atoms with E-state index in [4.69, 9.17) is 15.2 Å². The van der Waals surface area contributed by atoms with Gasteiger partial charge in [-0.15, -0.1) is 0 Å². The van der Waals surface area contributed by atoms with Gasteiger partial charge in [0.25, 0.3) is 0 Å². The molecular formula is C17H26N2O2. The molecule has 1 aromatic rings. The first-order chi connectivity index (χ1) is 10.1. The third-order valence-electron chi connectivity index (χ3n) is 4.66. The predicted octanol–water partition coefficient (Wildman–Crippen LogP) is 2.20. The summed E-state index contributed by atoms with van der Waals surface area (Å²) in [7, 11) is 3.88. The standard InChI is InChI=1S/C17H26N2O2/c1-19-10-6-14(7-11-19)21-15-5-3-4-13(16(15)20-2)12-17(18)8-9-17/h3-5,14H,6-12,18H2,1-2H3. The molecule has 1 aliphatic heterocycles. The van der Waals surface area contributed by atoms with Gasteiger partial charge in [0.2, 0.25) is 0 Å². The van der Waals surface area contributed by atoms with E-state index in [1.807, 2.05) is 12.1 Å². The van der Waals surface area contributed by atoms with Crippen molar-refractivity contribution in [2.75, 3.05) is 27.2 Å². The van der Waals surface area contributed by atoms with Crippen LogP contribution >= 0.6 is 0 Å². The lowest BCUT2D eigenvalue weighted by Gasteiger charge is -2.30. The van der Waals surface area contributed by atoms with Crippen LogP contribution < -0.4 is 15.2 Å². The third-order valence-corrected chi connectivity index (χ3v) is 4.66. The van der Waals surface area contributed by atoms with Gasteiger partial charge in [-0.25, -0.2) is 0 Å². The van der Waals surface area contributed by atoms with Crippen LogP contribution in [-0.4, -0.2) is 43.8 Å². The van der Waals surface area contributed by atoms with E-state index < -0.39 is 0 Å². The molecule has 3 rings (SSSR count). The minimum absolute atomic E-state index is 0.0144. The average molecular weight is 290 g/mol. The molecule has 1 heterocycles. The van der Waals surface area contributed by atoms with Gasteiger partial charge < -0.3 is 20.1 Å². The van der Waals surface area contributed by atoms with Crippen molar-refractivity contribution in [3.05, 3.63) is 23.8 Å². The summed E-state index contributed by atoms with van der Waals surface area (Å²) in [5.74, 6) is 1.74. The van der Waals surface area contributed by atoms with E-state index in [1.54, 1.807) is 7.11 Å². The van der Waals surface area contributed by atoms with Gasteiger partial charge in [-0.2, -0.15) is 0 Å². The molecule has 0 spiro atoms. The molecule has 0 amide bonds. The van der Waals surface area contributed by atoms with Crippen LogP contribution in [0.5, 0.6) is 11.5 Å². The highest BCUT2D eigenvalue weighted by Gasteiger charge is 2.39. The molecule has 2 fully saturated rings. The molecule has 0 atom stereocenters. The maximum atomic E-state index is 6.25. The Kier molecular flexibility index (Phi) is 4.09. The first-order valence-corrected chi connectivity index (χ1v) is 7.90. The molecule has 2 N–H and O–H groups in total. The number of rotatable bonds is 5. The zero-order valence-electron chi connectivity index (χ0n) is 13.1. The fourth-order valence-corrected chi connectivity index (χ4v) is 3.02. The number of nitrogens with two attached hydrogens (primary N) is 1. The van der Waals surface area contributed by atoms with E-state index >= 15 is 0 Å². The van der Waals surface area contributed by atoms with Crippen molar-refractivity contribution in [2.24, 2.45) is 5.73 Å². The van der Waals surface area contributed by atoms with E-state index in [0.29, 0.717) is 0 Å². The highest BCUT2D eigenvalue weighted by Crippen LogP contribution is 2.41. The molecule has 0 aromatic heterocycles. The maximum Gasteiger partial charge on any atom is 0.163 e. The van der Waals surface area contributed by atoms with E-state index in [2.05, 4.69) is 18.0 Å². The fraction of sp³-hybridized carbons (Fsp3) is 0.647. The van der Waals surface area contributed by atoms with Gasteiger partial charge in [0.05, 0.1) is 7.11 Å². The lowest BCUT2D eigenvalue weighted by Crippen LogP contribution is -2.35. The summed E-state index contributed by atoms with van der Waals surface area (Å²) in [6, 6.07) is 6.16. The fourth-order valence-electron chi connectivity index (χ4n) is 3.02.